The first-order valence-corrected chi connectivity index (χ1v) is 6.63. The molecule has 0 aliphatic heterocycles. The van der Waals surface area contributed by atoms with Crippen LogP contribution in [-0.2, 0) is 5.88 Å². The number of benzene rings is 1. The van der Waals surface area contributed by atoms with Crippen LogP contribution in [0.1, 0.15) is 24.7 Å². The number of hydrogen-bond donors (Lipinski definition) is 0. The van der Waals surface area contributed by atoms with Gasteiger partial charge in [0, 0.05) is 9.61 Å². The van der Waals surface area contributed by atoms with E-state index in [0.717, 1.165) is 11.3 Å². The minimum absolute atomic E-state index is 0.502. The third-order valence-electron chi connectivity index (χ3n) is 2.76. The van der Waals surface area contributed by atoms with E-state index in [1.54, 1.807) is 0 Å². The highest BCUT2D eigenvalue weighted by Crippen LogP contribution is 2.39. The van der Waals surface area contributed by atoms with Crippen molar-refractivity contribution < 1.29 is 0 Å². The largest absolute Gasteiger partial charge is 0.324 e. The van der Waals surface area contributed by atoms with E-state index < -0.39 is 0 Å². The van der Waals surface area contributed by atoms with Crippen molar-refractivity contribution in [1.29, 1.82) is 0 Å². The van der Waals surface area contributed by atoms with Crippen molar-refractivity contribution >= 4 is 45.2 Å². The summed E-state index contributed by atoms with van der Waals surface area (Å²) in [5.41, 5.74) is 2.30. The SMILES string of the molecule is ClCc1nc2cc(I)ccc2n1C1CC1. The van der Waals surface area contributed by atoms with E-state index in [-0.39, 0.29) is 0 Å². The molecule has 1 aliphatic rings. The molecule has 1 aromatic carbocycles. The van der Waals surface area contributed by atoms with Gasteiger partial charge >= 0.3 is 0 Å². The van der Waals surface area contributed by atoms with Gasteiger partial charge in [0.25, 0.3) is 0 Å². The molecule has 15 heavy (non-hydrogen) atoms. The molecule has 0 unspecified atom stereocenters. The van der Waals surface area contributed by atoms with Gasteiger partial charge in [-0.15, -0.1) is 11.6 Å². The third kappa shape index (κ3) is 1.65. The summed E-state index contributed by atoms with van der Waals surface area (Å²) < 4.78 is 3.53. The van der Waals surface area contributed by atoms with Crippen LogP contribution in [0.15, 0.2) is 18.2 Å². The molecule has 3 rings (SSSR count). The molecule has 0 saturated heterocycles. The normalized spacial score (nSPS) is 16.1. The Morgan fingerprint density at radius 1 is 1.47 bits per heavy atom. The fourth-order valence-electron chi connectivity index (χ4n) is 1.96. The Kier molecular flexibility index (Phi) is 2.39. The van der Waals surface area contributed by atoms with Crippen LogP contribution in [0.25, 0.3) is 11.0 Å². The van der Waals surface area contributed by atoms with Gasteiger partial charge in [-0.25, -0.2) is 4.98 Å². The lowest BCUT2D eigenvalue weighted by molar-refractivity contribution is 0.728. The number of imidazole rings is 1. The maximum Gasteiger partial charge on any atom is 0.125 e. The van der Waals surface area contributed by atoms with Gasteiger partial charge in [-0.2, -0.15) is 0 Å². The van der Waals surface area contributed by atoms with Crippen LogP contribution in [0, 0.1) is 3.57 Å². The zero-order valence-electron chi connectivity index (χ0n) is 8.08. The lowest BCUT2D eigenvalue weighted by Gasteiger charge is -2.04. The summed E-state index contributed by atoms with van der Waals surface area (Å²) in [6, 6.07) is 7.04. The lowest BCUT2D eigenvalue weighted by atomic mass is 10.3. The number of rotatable bonds is 2. The van der Waals surface area contributed by atoms with Crippen molar-refractivity contribution in [2.24, 2.45) is 0 Å². The number of hydrogen-bond acceptors (Lipinski definition) is 1. The standard InChI is InChI=1S/C11H10ClIN2/c12-6-11-14-9-5-7(13)1-4-10(9)15(11)8-2-3-8/h1,4-5,8H,2-3,6H2. The van der Waals surface area contributed by atoms with Gasteiger partial charge in [0.1, 0.15) is 5.82 Å². The average Bonchev–Trinajstić information content (AvgIpc) is 2.99. The first-order chi connectivity index (χ1) is 7.29. The van der Waals surface area contributed by atoms with Crippen LogP contribution in [0.4, 0.5) is 0 Å². The molecule has 1 heterocycles. The molecule has 1 aromatic heterocycles. The summed E-state index contributed by atoms with van der Waals surface area (Å²) in [6.07, 6.45) is 2.53. The van der Waals surface area contributed by atoms with Crippen molar-refractivity contribution in [3.63, 3.8) is 0 Å². The fourth-order valence-corrected chi connectivity index (χ4v) is 2.62. The Hall–Kier alpha value is -0.290. The first-order valence-electron chi connectivity index (χ1n) is 5.02. The topological polar surface area (TPSA) is 17.8 Å². The maximum absolute atomic E-state index is 5.93. The van der Waals surface area contributed by atoms with Crippen LogP contribution in [0.2, 0.25) is 0 Å². The lowest BCUT2D eigenvalue weighted by Crippen LogP contribution is -1.98. The Morgan fingerprint density at radius 2 is 2.27 bits per heavy atom. The highest BCUT2D eigenvalue weighted by molar-refractivity contribution is 14.1. The zero-order chi connectivity index (χ0) is 10.4. The number of fused-ring (bicyclic) bond motifs is 1. The molecule has 0 spiro atoms. The summed E-state index contributed by atoms with van der Waals surface area (Å²) >= 11 is 8.24. The summed E-state index contributed by atoms with van der Waals surface area (Å²) in [6.45, 7) is 0. The summed E-state index contributed by atoms with van der Waals surface area (Å²) in [5, 5.41) is 0. The van der Waals surface area contributed by atoms with Crippen molar-refractivity contribution in [1.82, 2.24) is 9.55 Å². The number of halogens is 2. The van der Waals surface area contributed by atoms with Crippen LogP contribution in [0.5, 0.6) is 0 Å². The van der Waals surface area contributed by atoms with Gasteiger partial charge in [0.15, 0.2) is 0 Å². The molecular weight excluding hydrogens is 322 g/mol. The minimum Gasteiger partial charge on any atom is -0.324 e. The summed E-state index contributed by atoms with van der Waals surface area (Å²) in [5.74, 6) is 1.51. The van der Waals surface area contributed by atoms with E-state index in [1.807, 2.05) is 0 Å². The van der Waals surface area contributed by atoms with E-state index in [9.17, 15) is 0 Å². The molecule has 78 valence electrons. The van der Waals surface area contributed by atoms with E-state index in [4.69, 9.17) is 11.6 Å². The summed E-state index contributed by atoms with van der Waals surface area (Å²) in [4.78, 5) is 4.58. The van der Waals surface area contributed by atoms with Crippen molar-refractivity contribution in [2.45, 2.75) is 24.8 Å². The monoisotopic (exact) mass is 332 g/mol. The maximum atomic E-state index is 5.93. The van der Waals surface area contributed by atoms with Gasteiger partial charge < -0.3 is 4.57 Å². The predicted octanol–water partition coefficient (Wildman–Crippen LogP) is 3.71. The van der Waals surface area contributed by atoms with Crippen LogP contribution >= 0.6 is 34.2 Å². The second kappa shape index (κ2) is 3.63. The van der Waals surface area contributed by atoms with E-state index >= 15 is 0 Å². The molecule has 0 radical (unpaired) electrons. The first kappa shape index (κ1) is 9.90. The number of alkyl halides is 1. The number of aromatic nitrogens is 2. The number of nitrogens with zero attached hydrogens (tertiary/aromatic N) is 2. The Labute approximate surface area is 107 Å². The molecule has 4 heteroatoms. The molecule has 2 nitrogen and oxygen atoms in total. The van der Waals surface area contributed by atoms with Gasteiger partial charge in [-0.05, 0) is 53.6 Å². The minimum atomic E-state index is 0.502. The molecule has 0 amide bonds. The van der Waals surface area contributed by atoms with Crippen molar-refractivity contribution in [3.8, 4) is 0 Å². The molecule has 0 N–H and O–H groups in total. The Morgan fingerprint density at radius 3 is 2.93 bits per heavy atom. The van der Waals surface area contributed by atoms with Gasteiger partial charge in [0.2, 0.25) is 0 Å². The predicted molar refractivity (Wildman–Crippen MR) is 70.3 cm³/mol. The van der Waals surface area contributed by atoms with Gasteiger partial charge in [-0.3, -0.25) is 0 Å². The quantitative estimate of drug-likeness (QED) is 0.605. The fraction of sp³-hybridized carbons (Fsp3) is 0.364. The summed E-state index contributed by atoms with van der Waals surface area (Å²) in [7, 11) is 0. The van der Waals surface area contributed by atoms with Gasteiger partial charge in [0.05, 0.1) is 16.9 Å². The molecule has 1 aliphatic carbocycles. The third-order valence-corrected chi connectivity index (χ3v) is 3.67. The van der Waals surface area contributed by atoms with Crippen molar-refractivity contribution in [2.75, 3.05) is 0 Å². The van der Waals surface area contributed by atoms with Crippen LogP contribution < -0.4 is 0 Å². The van der Waals surface area contributed by atoms with Gasteiger partial charge in [-0.1, -0.05) is 0 Å². The molecule has 1 fully saturated rings. The second-order valence-electron chi connectivity index (χ2n) is 3.90. The Bertz CT molecular complexity index is 517. The average molecular weight is 333 g/mol. The highest BCUT2D eigenvalue weighted by atomic mass is 127. The molecular formula is C11H10ClIN2. The zero-order valence-corrected chi connectivity index (χ0v) is 11.0. The molecule has 0 atom stereocenters. The highest BCUT2D eigenvalue weighted by Gasteiger charge is 2.27. The Balaban J connectivity index is 2.28. The molecule has 1 saturated carbocycles. The smallest absolute Gasteiger partial charge is 0.125 e. The van der Waals surface area contributed by atoms with Crippen molar-refractivity contribution in [3.05, 3.63) is 27.6 Å². The van der Waals surface area contributed by atoms with E-state index in [0.29, 0.717) is 11.9 Å². The van der Waals surface area contributed by atoms with E-state index in [2.05, 4.69) is 50.3 Å². The van der Waals surface area contributed by atoms with Crippen LogP contribution in [-0.4, -0.2) is 9.55 Å². The molecule has 0 bridgehead atoms. The van der Waals surface area contributed by atoms with E-state index in [1.165, 1.54) is 21.9 Å². The van der Waals surface area contributed by atoms with Crippen LogP contribution in [0.3, 0.4) is 0 Å². The molecule has 2 aromatic rings. The second-order valence-corrected chi connectivity index (χ2v) is 5.41.